The zero-order valence-corrected chi connectivity index (χ0v) is 8.18. The van der Waals surface area contributed by atoms with Crippen molar-refractivity contribution in [2.75, 3.05) is 0 Å². The molecule has 0 rings (SSSR count). The molecule has 0 aliphatic carbocycles. The van der Waals surface area contributed by atoms with E-state index in [2.05, 4.69) is 0 Å². The van der Waals surface area contributed by atoms with Crippen molar-refractivity contribution >= 4 is 10.1 Å². The third kappa shape index (κ3) is 10.7. The van der Waals surface area contributed by atoms with E-state index < -0.39 is 10.1 Å². The molecule has 0 atom stereocenters. The number of nitriles is 1. The molecule has 0 radical (unpaired) electrons. The normalized spacial score (nSPS) is 8.57. The SMILES string of the molecule is N#CS(=O)(=O)O.[Cd]. The van der Waals surface area contributed by atoms with Crippen LogP contribution in [0.1, 0.15) is 0 Å². The first-order valence-corrected chi connectivity index (χ1v) is 2.38. The summed E-state index contributed by atoms with van der Waals surface area (Å²) in [4.78, 5) is 0. The molecule has 0 heterocycles. The standard InChI is InChI=1S/CHNO3S.Cd/c2-1-6(3,4)5;/h(H,3,4,5);. The van der Waals surface area contributed by atoms with Gasteiger partial charge in [0, 0.05) is 27.3 Å². The van der Waals surface area contributed by atoms with Crippen LogP contribution in [0.25, 0.3) is 0 Å². The van der Waals surface area contributed by atoms with Gasteiger partial charge >= 0.3 is 10.1 Å². The molecule has 0 saturated carbocycles. The van der Waals surface area contributed by atoms with Gasteiger partial charge in [0.05, 0.1) is 0 Å². The van der Waals surface area contributed by atoms with E-state index in [1.54, 1.807) is 0 Å². The Balaban J connectivity index is 0. The molecule has 0 aliphatic rings. The van der Waals surface area contributed by atoms with Gasteiger partial charge in [0.1, 0.15) is 0 Å². The predicted molar refractivity (Wildman–Crippen MR) is 17.2 cm³/mol. The Morgan fingerprint density at radius 3 is 1.71 bits per heavy atom. The average Bonchev–Trinajstić information content (AvgIpc) is 1.35. The summed E-state index contributed by atoms with van der Waals surface area (Å²) in [7, 11) is -4.36. The Labute approximate surface area is 61.0 Å². The maximum Gasteiger partial charge on any atom is 0.360 e. The molecule has 36 valence electrons. The molecule has 0 bridgehead atoms. The minimum Gasteiger partial charge on any atom is -0.274 e. The van der Waals surface area contributed by atoms with Gasteiger partial charge in [-0.3, -0.25) is 4.55 Å². The van der Waals surface area contributed by atoms with Gasteiger partial charge in [0.2, 0.25) is 5.40 Å². The van der Waals surface area contributed by atoms with E-state index in [1.165, 1.54) is 0 Å². The number of thiocyanates is 1. The summed E-state index contributed by atoms with van der Waals surface area (Å²) < 4.78 is 25.8. The Morgan fingerprint density at radius 2 is 1.71 bits per heavy atom. The van der Waals surface area contributed by atoms with Gasteiger partial charge in [-0.2, -0.15) is 13.7 Å². The van der Waals surface area contributed by atoms with Crippen LogP contribution in [-0.2, 0) is 37.4 Å². The fraction of sp³-hybridized carbons (Fsp3) is 0. The van der Waals surface area contributed by atoms with Crippen LogP contribution in [0.3, 0.4) is 0 Å². The summed E-state index contributed by atoms with van der Waals surface area (Å²) >= 11 is 0. The molecule has 0 aliphatic heterocycles. The molecular weight excluding hydrogens is 218 g/mol. The van der Waals surface area contributed by atoms with Gasteiger partial charge in [-0.25, -0.2) is 0 Å². The van der Waals surface area contributed by atoms with E-state index in [0.717, 1.165) is 0 Å². The van der Waals surface area contributed by atoms with Crippen molar-refractivity contribution in [1.82, 2.24) is 0 Å². The molecule has 4 nitrogen and oxygen atoms in total. The number of nitrogens with zero attached hydrogens (tertiary/aromatic N) is 1. The van der Waals surface area contributed by atoms with E-state index in [4.69, 9.17) is 9.81 Å². The average molecular weight is 220 g/mol. The Kier molecular flexibility index (Phi) is 4.93. The summed E-state index contributed by atoms with van der Waals surface area (Å²) in [5.74, 6) is 0. The van der Waals surface area contributed by atoms with E-state index in [0.29, 0.717) is 5.40 Å². The summed E-state index contributed by atoms with van der Waals surface area (Å²) in [6, 6.07) is 0. The summed E-state index contributed by atoms with van der Waals surface area (Å²) in [5.41, 5.74) is 0. The molecule has 0 aromatic heterocycles. The van der Waals surface area contributed by atoms with Gasteiger partial charge in [-0.1, -0.05) is 0 Å². The quantitative estimate of drug-likeness (QED) is 0.254. The summed E-state index contributed by atoms with van der Waals surface area (Å²) in [5, 5.41) is 7.95. The fourth-order valence-electron chi connectivity index (χ4n) is 0. The van der Waals surface area contributed by atoms with Crippen molar-refractivity contribution < 1.29 is 40.3 Å². The first-order valence-electron chi connectivity index (χ1n) is 0.944. The second-order valence-corrected chi connectivity index (χ2v) is 1.70. The second-order valence-electron chi connectivity index (χ2n) is 0.566. The molecule has 0 unspecified atom stereocenters. The number of rotatable bonds is 0. The van der Waals surface area contributed by atoms with Gasteiger partial charge in [-0.15, -0.1) is 0 Å². The predicted octanol–water partition coefficient (Wildman–Crippen LogP) is -0.647. The molecular formula is CHCdNO3S. The van der Waals surface area contributed by atoms with Crippen LogP contribution in [0.5, 0.6) is 0 Å². The first-order chi connectivity index (χ1) is 2.56. The number of hydrogen-bond acceptors (Lipinski definition) is 3. The van der Waals surface area contributed by atoms with Crippen LogP contribution in [-0.4, -0.2) is 13.0 Å². The van der Waals surface area contributed by atoms with Gasteiger partial charge in [0.15, 0.2) is 0 Å². The topological polar surface area (TPSA) is 78.2 Å². The molecule has 6 heteroatoms. The second kappa shape index (κ2) is 3.34. The molecule has 0 aromatic carbocycles. The monoisotopic (exact) mass is 221 g/mol. The smallest absolute Gasteiger partial charge is 0.274 e. The minimum atomic E-state index is -4.36. The van der Waals surface area contributed by atoms with E-state index in [-0.39, 0.29) is 27.3 Å². The molecule has 0 fully saturated rings. The molecule has 1 N–H and O–H groups in total. The van der Waals surface area contributed by atoms with Crippen LogP contribution >= 0.6 is 0 Å². The van der Waals surface area contributed by atoms with Crippen LogP contribution in [0.4, 0.5) is 0 Å². The Hall–Kier alpha value is 0.322. The third-order valence-corrected chi connectivity index (χ3v) is 0.346. The van der Waals surface area contributed by atoms with Crippen molar-refractivity contribution in [3.8, 4) is 5.40 Å². The molecule has 0 spiro atoms. The minimum absolute atomic E-state index is 0. The first kappa shape index (κ1) is 10.3. The van der Waals surface area contributed by atoms with Crippen LogP contribution in [0.2, 0.25) is 0 Å². The maximum absolute atomic E-state index is 9.19. The maximum atomic E-state index is 9.19. The van der Waals surface area contributed by atoms with Gasteiger partial charge in [0.25, 0.3) is 0 Å². The largest absolute Gasteiger partial charge is 0.360 e. The van der Waals surface area contributed by atoms with Crippen molar-refractivity contribution in [3.63, 3.8) is 0 Å². The van der Waals surface area contributed by atoms with Crippen LogP contribution < -0.4 is 0 Å². The van der Waals surface area contributed by atoms with Gasteiger partial charge in [-0.05, 0) is 0 Å². The van der Waals surface area contributed by atoms with Crippen molar-refractivity contribution in [3.05, 3.63) is 0 Å². The zero-order valence-electron chi connectivity index (χ0n) is 3.33. The molecule has 0 saturated heterocycles. The van der Waals surface area contributed by atoms with Crippen molar-refractivity contribution in [1.29, 1.82) is 5.26 Å². The van der Waals surface area contributed by atoms with Crippen molar-refractivity contribution in [2.45, 2.75) is 0 Å². The molecule has 0 amide bonds. The molecule has 0 aromatic rings. The van der Waals surface area contributed by atoms with Crippen LogP contribution in [0, 0.1) is 10.7 Å². The van der Waals surface area contributed by atoms with Gasteiger partial charge < -0.3 is 0 Å². The number of hydrogen-bond donors (Lipinski definition) is 1. The zero-order chi connectivity index (χ0) is 5.21. The fourth-order valence-corrected chi connectivity index (χ4v) is 0. The molecule has 7 heavy (non-hydrogen) atoms. The van der Waals surface area contributed by atoms with Crippen molar-refractivity contribution in [2.24, 2.45) is 0 Å². The summed E-state index contributed by atoms with van der Waals surface area (Å²) in [6.07, 6.45) is 0. The Morgan fingerprint density at radius 1 is 1.57 bits per heavy atom. The van der Waals surface area contributed by atoms with Crippen LogP contribution in [0.15, 0.2) is 0 Å². The summed E-state index contributed by atoms with van der Waals surface area (Å²) in [6.45, 7) is 0. The van der Waals surface area contributed by atoms with E-state index >= 15 is 0 Å². The third-order valence-electron chi connectivity index (χ3n) is 0.115. The van der Waals surface area contributed by atoms with E-state index in [9.17, 15) is 8.42 Å². The Bertz CT molecular complexity index is 164. The van der Waals surface area contributed by atoms with E-state index in [1.807, 2.05) is 0 Å².